The largest absolute Gasteiger partial charge is 0.459 e. The first-order valence-corrected chi connectivity index (χ1v) is 20.4. The van der Waals surface area contributed by atoms with Crippen LogP contribution in [0.1, 0.15) is 60.8 Å². The molecule has 33 heteroatoms. The number of carbonyl (C=O) groups is 4. The van der Waals surface area contributed by atoms with Crippen molar-refractivity contribution in [3.8, 4) is 0 Å². The molecule has 2 heterocycles. The normalized spacial score (nSPS) is 36.2. The fourth-order valence-electron chi connectivity index (χ4n) is 8.56. The molecule has 2 saturated carbocycles. The molecule has 4 aliphatic rings. The van der Waals surface area contributed by atoms with Crippen LogP contribution in [0.5, 0.6) is 0 Å². The first kappa shape index (κ1) is 53.0. The van der Waals surface area contributed by atoms with Crippen LogP contribution in [0.4, 0.5) is 8.78 Å². The van der Waals surface area contributed by atoms with E-state index in [1.54, 1.807) is 6.92 Å². The lowest BCUT2D eigenvalue weighted by Crippen LogP contribution is -2.64. The first-order valence-electron chi connectivity index (χ1n) is 20.4. The quantitative estimate of drug-likeness (QED) is 0.0463. The zero-order valence-corrected chi connectivity index (χ0v) is 36.5. The van der Waals surface area contributed by atoms with Gasteiger partial charge in [-0.15, -0.1) is 0 Å². The van der Waals surface area contributed by atoms with Gasteiger partial charge >= 0.3 is 23.9 Å². The lowest BCUT2D eigenvalue weighted by atomic mass is 9.79. The zero-order chi connectivity index (χ0) is 49.6. The molecule has 0 radical (unpaired) electrons. The summed E-state index contributed by atoms with van der Waals surface area (Å²) < 4.78 is 84.8. The molecule has 0 bridgehead atoms. The highest BCUT2D eigenvalue weighted by atomic mass is 19.3. The first-order chi connectivity index (χ1) is 31.9. The molecule has 0 aromatic carbocycles. The predicted octanol–water partition coefficient (Wildman–Crippen LogP) is 6.13. The second-order valence-electron chi connectivity index (χ2n) is 15.5. The van der Waals surface area contributed by atoms with Gasteiger partial charge in [0.05, 0.1) is 43.0 Å². The monoisotopic (exact) mass is 952 g/mol. The fraction of sp³-hybridized carbons (Fsp3) is 0.882. The predicted molar refractivity (Wildman–Crippen MR) is 215 cm³/mol. The Bertz CT molecular complexity index is 2120. The molecule has 2 aliphatic carbocycles. The van der Waals surface area contributed by atoms with Crippen LogP contribution in [0.25, 0.3) is 62.7 Å². The third-order valence-corrected chi connectivity index (χ3v) is 11.3. The Morgan fingerprint density at radius 3 is 1.64 bits per heavy atom. The molecule has 0 aromatic rings. The van der Waals surface area contributed by atoms with Gasteiger partial charge in [0.2, 0.25) is 0 Å². The number of hydrogen-bond donors (Lipinski definition) is 0. The molecule has 0 amide bonds. The van der Waals surface area contributed by atoms with Crippen LogP contribution in [0.2, 0.25) is 0 Å². The number of carbonyl (C=O) groups excluding carboxylic acids is 4. The molecule has 67 heavy (non-hydrogen) atoms. The Hall–Kier alpha value is -6.60. The van der Waals surface area contributed by atoms with Gasteiger partial charge in [-0.3, -0.25) is 19.2 Å². The summed E-state index contributed by atoms with van der Waals surface area (Å²) in [7, 11) is 0. The number of nitrogens with zero attached hydrogens (tertiary/aromatic N) is 18. The van der Waals surface area contributed by atoms with Gasteiger partial charge in [-0.1, -0.05) is 44.5 Å². The maximum atomic E-state index is 15.6. The third kappa shape index (κ3) is 12.9. The summed E-state index contributed by atoms with van der Waals surface area (Å²) in [6, 6.07) is -6.16. The summed E-state index contributed by atoms with van der Waals surface area (Å²) in [5.74, 6) is -10.1. The van der Waals surface area contributed by atoms with Crippen LogP contribution >= 0.6 is 0 Å². The minimum absolute atomic E-state index is 0.0654. The van der Waals surface area contributed by atoms with Gasteiger partial charge in [-0.05, 0) is 52.4 Å². The van der Waals surface area contributed by atoms with Gasteiger partial charge in [0, 0.05) is 75.5 Å². The number of hydrogen-bond acceptors (Lipinski definition) is 19. The van der Waals surface area contributed by atoms with E-state index in [0.29, 0.717) is 0 Å². The number of rotatable bonds is 19. The lowest BCUT2D eigenvalue weighted by Gasteiger charge is -2.48. The summed E-state index contributed by atoms with van der Waals surface area (Å²) in [5, 5.41) is 21.6. The van der Waals surface area contributed by atoms with E-state index in [1.165, 1.54) is 0 Å². The second kappa shape index (κ2) is 24.3. The minimum atomic E-state index is -3.77. The molecule has 2 saturated heterocycles. The summed E-state index contributed by atoms with van der Waals surface area (Å²) in [6.45, 7) is 5.53. The molecule has 18 atom stereocenters. The molecule has 4 fully saturated rings. The van der Waals surface area contributed by atoms with Gasteiger partial charge < -0.3 is 42.6 Å². The van der Waals surface area contributed by atoms with Crippen LogP contribution in [0.3, 0.4) is 0 Å². The molecule has 31 nitrogen and oxygen atoms in total. The zero-order valence-electron chi connectivity index (χ0n) is 36.5. The minimum Gasteiger partial charge on any atom is -0.459 e. The van der Waals surface area contributed by atoms with E-state index in [1.807, 2.05) is 0 Å². The van der Waals surface area contributed by atoms with Crippen molar-refractivity contribution in [1.82, 2.24) is 0 Å². The second-order valence-corrected chi connectivity index (χ2v) is 15.5. The summed E-state index contributed by atoms with van der Waals surface area (Å²) in [6.07, 6.45) is -20.0. The van der Waals surface area contributed by atoms with Crippen LogP contribution in [-0.4, -0.2) is 141 Å². The molecule has 0 unspecified atom stereocenters. The Morgan fingerprint density at radius 1 is 0.582 bits per heavy atom. The van der Waals surface area contributed by atoms with E-state index in [2.05, 4.69) is 60.2 Å². The van der Waals surface area contributed by atoms with Crippen molar-refractivity contribution in [3.05, 3.63) is 62.7 Å². The number of halogens is 2. The van der Waals surface area contributed by atoms with Crippen LogP contribution < -0.4 is 0 Å². The Labute approximate surface area is 377 Å². The molecule has 0 spiro atoms. The maximum Gasteiger partial charge on any atom is 0.303 e. The van der Waals surface area contributed by atoms with Crippen molar-refractivity contribution in [1.29, 1.82) is 0 Å². The molecule has 4 rings (SSSR count). The number of ether oxygens (including phenoxy) is 9. The Morgan fingerprint density at radius 2 is 1.09 bits per heavy atom. The summed E-state index contributed by atoms with van der Waals surface area (Å²) in [4.78, 5) is 66.8. The van der Waals surface area contributed by atoms with Crippen molar-refractivity contribution in [2.45, 2.75) is 165 Å². The number of azide groups is 6. The van der Waals surface area contributed by atoms with Gasteiger partial charge in [0.25, 0.3) is 5.92 Å². The Balaban J connectivity index is 1.87. The highest BCUT2D eigenvalue weighted by molar-refractivity contribution is 5.68. The van der Waals surface area contributed by atoms with Crippen molar-refractivity contribution < 1.29 is 70.6 Å². The molecule has 0 N–H and O–H groups in total. The average molecular weight is 953 g/mol. The topological polar surface area (TPSA) is 444 Å². The van der Waals surface area contributed by atoms with Crippen LogP contribution in [-0.2, 0) is 61.8 Å². The van der Waals surface area contributed by atoms with E-state index in [0.717, 1.165) is 34.6 Å². The molecular weight excluding hydrogens is 906 g/mol. The highest BCUT2D eigenvalue weighted by Gasteiger charge is 2.60. The van der Waals surface area contributed by atoms with E-state index in [-0.39, 0.29) is 19.4 Å². The van der Waals surface area contributed by atoms with Gasteiger partial charge in [-0.25, -0.2) is 8.78 Å². The average Bonchev–Trinajstić information content (AvgIpc) is 3.57. The lowest BCUT2D eigenvalue weighted by molar-refractivity contribution is -0.324. The van der Waals surface area contributed by atoms with E-state index in [9.17, 15) is 46.8 Å². The van der Waals surface area contributed by atoms with E-state index in [4.69, 9.17) is 48.2 Å². The van der Waals surface area contributed by atoms with Crippen LogP contribution in [0.15, 0.2) is 30.7 Å². The van der Waals surface area contributed by atoms with Crippen molar-refractivity contribution in [2.75, 3.05) is 13.1 Å². The SMILES string of the molecule is CC[C@H]1O[C@@H](O[C@@H]2[C@@H](OC(C)=O)[C@H](N=[N+]=[N-])C[C@H](N=[N+]=[N-])[C@H]2O[C@H]2O[C@H](CN=[N+]=[N-])C(F)(F)[C@H](C)[C@H]2N=[N+]=[N-])[C@H](OC(C)=O)[C@@H]1O[C@H]1C[C@@H](CN=[N+]=[N-])[C@@H](OC(C)=O)[C@H](OC(C)=O)[C@H]1N=[N+]=[N-]. The Kier molecular flexibility index (Phi) is 19.2. The summed E-state index contributed by atoms with van der Waals surface area (Å²) in [5.41, 5.74) is 56.5. The molecular formula is C34H46F2N18O13. The molecule has 2 aliphatic heterocycles. The van der Waals surface area contributed by atoms with Crippen LogP contribution in [0, 0.1) is 11.8 Å². The third-order valence-electron chi connectivity index (χ3n) is 11.3. The van der Waals surface area contributed by atoms with Crippen molar-refractivity contribution in [3.63, 3.8) is 0 Å². The van der Waals surface area contributed by atoms with E-state index >= 15 is 8.78 Å². The molecule has 0 aromatic heterocycles. The maximum absolute atomic E-state index is 15.6. The van der Waals surface area contributed by atoms with Gasteiger partial charge in [0.15, 0.2) is 18.7 Å². The number of alkyl halides is 2. The standard InChI is InChI=1S/C34H46F2N18O13/c1-7-20-28(63-21-8-17(10-43-49-37)25(59-13(3)55)29(61-15(5)57)24(21)48-54-42)31(62-16(6)58)33(64-20)67-30-26(60-14(4)56)18(45-51-39)9-19(46-52-40)27(30)66-32-23(47-53-41)12(2)34(35,36)22(65-32)11-44-50-38/h12,17-33H,7-11H2,1-6H3/t12-,17+,18-,19+,20-,21+,22-,23-,24+,25-,26+,27-,28-,29-,30-,31-,32-,33+/m1/s1. The fourth-order valence-corrected chi connectivity index (χ4v) is 8.56. The highest BCUT2D eigenvalue weighted by Crippen LogP contribution is 2.44. The van der Waals surface area contributed by atoms with Gasteiger partial charge in [0.1, 0.15) is 42.7 Å². The van der Waals surface area contributed by atoms with Gasteiger partial charge in [-0.2, -0.15) is 0 Å². The molecule has 364 valence electrons. The smallest absolute Gasteiger partial charge is 0.303 e. The van der Waals surface area contributed by atoms with Crippen molar-refractivity contribution in [2.24, 2.45) is 42.5 Å². The summed E-state index contributed by atoms with van der Waals surface area (Å²) >= 11 is 0. The number of esters is 4. The van der Waals surface area contributed by atoms with E-state index < -0.39 is 152 Å². The van der Waals surface area contributed by atoms with Crippen molar-refractivity contribution >= 4 is 23.9 Å².